The van der Waals surface area contributed by atoms with Gasteiger partial charge in [0.15, 0.2) is 0 Å². The van der Waals surface area contributed by atoms with Crippen LogP contribution in [0.5, 0.6) is 0 Å². The SMILES string of the molecule is Cc1ccc2c(c1)C(N1CCC3(CC1)C(=O)NCN3c1ccccc1)CC2(C)C. The first-order valence-corrected chi connectivity index (χ1v) is 10.9. The number of likely N-dealkylation sites (tertiary alicyclic amines) is 1. The van der Waals surface area contributed by atoms with Crippen molar-refractivity contribution in [2.24, 2.45) is 0 Å². The van der Waals surface area contributed by atoms with Crippen LogP contribution in [0.4, 0.5) is 5.69 Å². The quantitative estimate of drug-likeness (QED) is 0.838. The Bertz CT molecular complexity index is 928. The Hall–Kier alpha value is -2.33. The van der Waals surface area contributed by atoms with Crippen LogP contribution in [0.15, 0.2) is 48.5 Å². The number of piperidine rings is 1. The average Bonchev–Trinajstić information content (AvgIpc) is 3.17. The van der Waals surface area contributed by atoms with Gasteiger partial charge in [0, 0.05) is 24.8 Å². The molecular formula is C25H31N3O. The topological polar surface area (TPSA) is 35.6 Å². The maximum absolute atomic E-state index is 12.9. The van der Waals surface area contributed by atoms with E-state index in [0.29, 0.717) is 12.7 Å². The van der Waals surface area contributed by atoms with Crippen LogP contribution in [-0.2, 0) is 10.2 Å². The lowest BCUT2D eigenvalue weighted by Gasteiger charge is -2.45. The van der Waals surface area contributed by atoms with E-state index in [9.17, 15) is 4.79 Å². The third kappa shape index (κ3) is 2.88. The number of hydrogen-bond donors (Lipinski definition) is 1. The van der Waals surface area contributed by atoms with Crippen molar-refractivity contribution in [1.29, 1.82) is 0 Å². The van der Waals surface area contributed by atoms with Gasteiger partial charge < -0.3 is 10.2 Å². The summed E-state index contributed by atoms with van der Waals surface area (Å²) in [4.78, 5) is 17.9. The van der Waals surface area contributed by atoms with Crippen molar-refractivity contribution in [2.45, 2.75) is 57.0 Å². The summed E-state index contributed by atoms with van der Waals surface area (Å²) in [6, 6.07) is 17.8. The predicted molar refractivity (Wildman–Crippen MR) is 117 cm³/mol. The second-order valence-electron chi connectivity index (χ2n) is 9.69. The number of carbonyl (C=O) groups is 1. The molecule has 152 valence electrons. The zero-order valence-electron chi connectivity index (χ0n) is 17.7. The number of anilines is 1. The van der Waals surface area contributed by atoms with Gasteiger partial charge in [0.2, 0.25) is 5.91 Å². The van der Waals surface area contributed by atoms with Crippen LogP contribution in [0.1, 0.15) is 55.8 Å². The van der Waals surface area contributed by atoms with Crippen LogP contribution in [0.3, 0.4) is 0 Å². The van der Waals surface area contributed by atoms with E-state index in [1.165, 1.54) is 16.7 Å². The fraction of sp³-hybridized carbons (Fsp3) is 0.480. The molecule has 0 saturated carbocycles. The first-order chi connectivity index (χ1) is 13.9. The fourth-order valence-corrected chi connectivity index (χ4v) is 5.84. The van der Waals surface area contributed by atoms with Gasteiger partial charge in [-0.2, -0.15) is 0 Å². The van der Waals surface area contributed by atoms with E-state index < -0.39 is 5.54 Å². The highest BCUT2D eigenvalue weighted by Crippen LogP contribution is 2.49. The number of nitrogens with one attached hydrogen (secondary N) is 1. The largest absolute Gasteiger partial charge is 0.339 e. The van der Waals surface area contributed by atoms with E-state index >= 15 is 0 Å². The lowest BCUT2D eigenvalue weighted by Crippen LogP contribution is -2.56. The van der Waals surface area contributed by atoms with E-state index in [0.717, 1.165) is 38.0 Å². The lowest BCUT2D eigenvalue weighted by molar-refractivity contribution is -0.125. The van der Waals surface area contributed by atoms with Gasteiger partial charge >= 0.3 is 0 Å². The van der Waals surface area contributed by atoms with E-state index in [1.807, 2.05) is 6.07 Å². The minimum atomic E-state index is -0.401. The van der Waals surface area contributed by atoms with Crippen LogP contribution in [-0.4, -0.2) is 36.1 Å². The van der Waals surface area contributed by atoms with Gasteiger partial charge in [-0.05, 0) is 54.9 Å². The number of fused-ring (bicyclic) bond motifs is 1. The number of aryl methyl sites for hydroxylation is 1. The number of rotatable bonds is 2. The van der Waals surface area contributed by atoms with Gasteiger partial charge in [0.05, 0.1) is 6.67 Å². The minimum absolute atomic E-state index is 0.198. The molecular weight excluding hydrogens is 358 g/mol. The van der Waals surface area contributed by atoms with Crippen molar-refractivity contribution in [3.05, 3.63) is 65.2 Å². The van der Waals surface area contributed by atoms with Crippen LogP contribution >= 0.6 is 0 Å². The maximum Gasteiger partial charge on any atom is 0.247 e. The molecule has 0 radical (unpaired) electrons. The minimum Gasteiger partial charge on any atom is -0.339 e. The number of carbonyl (C=O) groups excluding carboxylic acids is 1. The van der Waals surface area contributed by atoms with E-state index in [2.05, 4.69) is 78.4 Å². The van der Waals surface area contributed by atoms with Crippen molar-refractivity contribution in [1.82, 2.24) is 10.2 Å². The van der Waals surface area contributed by atoms with Gasteiger partial charge in [-0.1, -0.05) is 55.8 Å². The molecule has 2 heterocycles. The molecule has 2 fully saturated rings. The number of hydrogen-bond acceptors (Lipinski definition) is 3. The summed E-state index contributed by atoms with van der Waals surface area (Å²) < 4.78 is 0. The molecule has 0 bridgehead atoms. The van der Waals surface area contributed by atoms with Crippen molar-refractivity contribution in [3.8, 4) is 0 Å². The summed E-state index contributed by atoms with van der Waals surface area (Å²) in [6.45, 7) is 9.47. The van der Waals surface area contributed by atoms with Crippen molar-refractivity contribution >= 4 is 11.6 Å². The standard InChI is InChI=1S/C25H31N3O/c1-18-9-10-21-20(15-18)22(16-24(21,2)3)27-13-11-25(12-14-27)23(29)26-17-28(25)19-7-5-4-6-8-19/h4-10,15,22H,11-14,16-17H2,1-3H3,(H,26,29). The monoisotopic (exact) mass is 389 g/mol. The Morgan fingerprint density at radius 1 is 1.03 bits per heavy atom. The molecule has 2 aromatic carbocycles. The summed E-state index contributed by atoms with van der Waals surface area (Å²) >= 11 is 0. The smallest absolute Gasteiger partial charge is 0.247 e. The fourth-order valence-electron chi connectivity index (χ4n) is 5.84. The first kappa shape index (κ1) is 18.7. The molecule has 2 saturated heterocycles. The number of nitrogens with zero attached hydrogens (tertiary/aromatic N) is 2. The number of amides is 1. The number of benzene rings is 2. The summed E-state index contributed by atoms with van der Waals surface area (Å²) in [5.74, 6) is 0.198. The van der Waals surface area contributed by atoms with Crippen molar-refractivity contribution < 1.29 is 4.79 Å². The predicted octanol–water partition coefficient (Wildman–Crippen LogP) is 4.15. The van der Waals surface area contributed by atoms with Gasteiger partial charge in [0.25, 0.3) is 0 Å². The van der Waals surface area contributed by atoms with Crippen molar-refractivity contribution in [2.75, 3.05) is 24.7 Å². The molecule has 3 aliphatic rings. The van der Waals surface area contributed by atoms with Crippen LogP contribution in [0.25, 0.3) is 0 Å². The molecule has 2 aromatic rings. The zero-order valence-corrected chi connectivity index (χ0v) is 17.7. The summed E-state index contributed by atoms with van der Waals surface area (Å²) in [7, 11) is 0. The normalized spacial score (nSPS) is 25.3. The van der Waals surface area contributed by atoms with E-state index in [4.69, 9.17) is 0 Å². The highest BCUT2D eigenvalue weighted by molar-refractivity contribution is 5.93. The lowest BCUT2D eigenvalue weighted by atomic mass is 9.84. The Kier molecular flexibility index (Phi) is 4.25. The molecule has 4 heteroatoms. The molecule has 4 nitrogen and oxygen atoms in total. The molecule has 1 spiro atoms. The van der Waals surface area contributed by atoms with Crippen LogP contribution in [0.2, 0.25) is 0 Å². The van der Waals surface area contributed by atoms with E-state index in [-0.39, 0.29) is 11.3 Å². The Balaban J connectivity index is 1.40. The van der Waals surface area contributed by atoms with Gasteiger partial charge in [-0.3, -0.25) is 9.69 Å². The van der Waals surface area contributed by atoms with Crippen molar-refractivity contribution in [3.63, 3.8) is 0 Å². The maximum atomic E-state index is 12.9. The van der Waals surface area contributed by atoms with Gasteiger partial charge in [-0.25, -0.2) is 0 Å². The second-order valence-corrected chi connectivity index (χ2v) is 9.69. The molecule has 29 heavy (non-hydrogen) atoms. The molecule has 0 aromatic heterocycles. The average molecular weight is 390 g/mol. The molecule has 1 atom stereocenters. The second kappa shape index (κ2) is 6.60. The Labute approximate surface area is 173 Å². The molecule has 1 amide bonds. The van der Waals surface area contributed by atoms with Crippen LogP contribution in [0, 0.1) is 6.92 Å². The van der Waals surface area contributed by atoms with Gasteiger partial charge in [-0.15, -0.1) is 0 Å². The zero-order chi connectivity index (χ0) is 20.2. The molecule has 1 N–H and O–H groups in total. The van der Waals surface area contributed by atoms with E-state index in [1.54, 1.807) is 0 Å². The van der Waals surface area contributed by atoms with Gasteiger partial charge in [0.1, 0.15) is 5.54 Å². The Morgan fingerprint density at radius 3 is 2.48 bits per heavy atom. The highest BCUT2D eigenvalue weighted by atomic mass is 16.2. The molecule has 1 aliphatic carbocycles. The summed E-state index contributed by atoms with van der Waals surface area (Å²) in [5.41, 5.74) is 5.29. The molecule has 1 unspecified atom stereocenters. The third-order valence-electron chi connectivity index (χ3n) is 7.47. The summed E-state index contributed by atoms with van der Waals surface area (Å²) in [6.07, 6.45) is 2.92. The number of para-hydroxylation sites is 1. The third-order valence-corrected chi connectivity index (χ3v) is 7.47. The Morgan fingerprint density at radius 2 is 1.76 bits per heavy atom. The summed E-state index contributed by atoms with van der Waals surface area (Å²) in [5, 5.41) is 3.12. The highest BCUT2D eigenvalue weighted by Gasteiger charge is 2.51. The first-order valence-electron chi connectivity index (χ1n) is 10.9. The molecule has 5 rings (SSSR count). The van der Waals surface area contributed by atoms with Crippen LogP contribution < -0.4 is 10.2 Å². The molecule has 2 aliphatic heterocycles.